The molecule has 4 nitrogen and oxygen atoms in total. The molecule has 1 aliphatic heterocycles. The van der Waals surface area contributed by atoms with Crippen LogP contribution in [-0.4, -0.2) is 9.55 Å². The zero-order valence-corrected chi connectivity index (χ0v) is 20.7. The fourth-order valence-electron chi connectivity index (χ4n) is 5.84. The first-order chi connectivity index (χ1) is 17.4. The van der Waals surface area contributed by atoms with Gasteiger partial charge in [0.05, 0.1) is 13.6 Å². The number of nitrogens with zero attached hydrogens (tertiary/aromatic N) is 3. The van der Waals surface area contributed by atoms with E-state index in [0.29, 0.717) is 5.71 Å². The van der Waals surface area contributed by atoms with Crippen LogP contribution in [0.4, 0.5) is 0 Å². The highest BCUT2D eigenvalue weighted by Gasteiger charge is 2.33. The van der Waals surface area contributed by atoms with E-state index in [1.165, 1.54) is 28.6 Å². The van der Waals surface area contributed by atoms with E-state index in [1.54, 1.807) is 6.07 Å². The van der Waals surface area contributed by atoms with Crippen molar-refractivity contribution >= 4 is 33.1 Å². The summed E-state index contributed by atoms with van der Waals surface area (Å²) in [6.07, 6.45) is 4.45. The van der Waals surface area contributed by atoms with E-state index < -0.39 is 6.85 Å². The molecule has 6 rings (SSSR count). The smallest absolute Gasteiger partial charge is 0.293 e. The minimum Gasteiger partial charge on any atom is -0.437 e. The molecule has 174 valence electrons. The average molecular weight is 456 g/mol. The van der Waals surface area contributed by atoms with Gasteiger partial charge in [0, 0.05) is 26.1 Å². The molecule has 0 N–H and O–H groups in total. The van der Waals surface area contributed by atoms with E-state index >= 15 is 0 Å². The predicted molar refractivity (Wildman–Crippen MR) is 139 cm³/mol. The summed E-state index contributed by atoms with van der Waals surface area (Å²) in [6.45, 7) is 7.72. The van der Waals surface area contributed by atoms with E-state index in [4.69, 9.17) is 8.53 Å². The van der Waals surface area contributed by atoms with Crippen LogP contribution in [0.5, 0.6) is 0 Å². The second-order valence-corrected chi connectivity index (χ2v) is 11.1. The van der Waals surface area contributed by atoms with Gasteiger partial charge in [-0.3, -0.25) is 0 Å². The number of hydrogen-bond donors (Lipinski definition) is 0. The van der Waals surface area contributed by atoms with E-state index in [-0.39, 0.29) is 11.1 Å². The molecule has 0 atom stereocenters. The number of fused-ring (bicyclic) bond motifs is 3. The number of aromatic nitrogens is 3. The van der Waals surface area contributed by atoms with Crippen molar-refractivity contribution in [2.45, 2.75) is 66.8 Å². The topological polar surface area (TPSA) is 34.8 Å². The highest BCUT2D eigenvalue weighted by Crippen LogP contribution is 2.39. The molecular formula is C30H34N3O+. The maximum absolute atomic E-state index is 7.78. The Bertz CT molecular complexity index is 1700. The third kappa shape index (κ3) is 3.19. The quantitative estimate of drug-likeness (QED) is 0.269. The zero-order chi connectivity index (χ0) is 26.3. The van der Waals surface area contributed by atoms with Crippen molar-refractivity contribution in [3.63, 3.8) is 0 Å². The van der Waals surface area contributed by atoms with E-state index in [2.05, 4.69) is 73.1 Å². The number of hydrogen-bond acceptors (Lipinski definition) is 2. The van der Waals surface area contributed by atoms with Gasteiger partial charge in [0.25, 0.3) is 5.82 Å². The van der Waals surface area contributed by atoms with Crippen LogP contribution in [0.3, 0.4) is 0 Å². The third-order valence-corrected chi connectivity index (χ3v) is 7.28. The van der Waals surface area contributed by atoms with E-state index in [0.717, 1.165) is 59.1 Å². The molecule has 0 radical (unpaired) electrons. The summed E-state index contributed by atoms with van der Waals surface area (Å²) in [5.74, 6) is 1.13. The Kier molecular flexibility index (Phi) is 3.98. The molecule has 0 fully saturated rings. The van der Waals surface area contributed by atoms with Gasteiger partial charge in [0.1, 0.15) is 5.56 Å². The Morgan fingerprint density at radius 1 is 1.09 bits per heavy atom. The number of imidazole rings is 1. The monoisotopic (exact) mass is 455 g/mol. The lowest BCUT2D eigenvalue weighted by Crippen LogP contribution is -2.35. The summed E-state index contributed by atoms with van der Waals surface area (Å²) in [4.78, 5) is 4.40. The summed E-state index contributed by atoms with van der Waals surface area (Å²) < 4.78 is 34.5. The van der Waals surface area contributed by atoms with Crippen LogP contribution < -0.4 is 4.57 Å². The van der Waals surface area contributed by atoms with Crippen LogP contribution >= 0.6 is 0 Å². The normalized spacial score (nSPS) is 16.1. The van der Waals surface area contributed by atoms with Gasteiger partial charge in [0.15, 0.2) is 16.6 Å². The van der Waals surface area contributed by atoms with Crippen LogP contribution in [-0.2, 0) is 26.4 Å². The van der Waals surface area contributed by atoms with Gasteiger partial charge < -0.3 is 4.42 Å². The largest absolute Gasteiger partial charge is 0.437 e. The first-order valence-corrected chi connectivity index (χ1v) is 12.3. The lowest BCUT2D eigenvalue weighted by Gasteiger charge is -2.20. The fourth-order valence-corrected chi connectivity index (χ4v) is 5.84. The van der Waals surface area contributed by atoms with Gasteiger partial charge in [-0.2, -0.15) is 0 Å². The summed E-state index contributed by atoms with van der Waals surface area (Å²) >= 11 is 0. The molecule has 0 saturated carbocycles. The van der Waals surface area contributed by atoms with Crippen molar-refractivity contribution in [3.8, 4) is 11.4 Å². The minimum absolute atomic E-state index is 0.0545. The highest BCUT2D eigenvalue weighted by atomic mass is 16.3. The van der Waals surface area contributed by atoms with Gasteiger partial charge in [-0.1, -0.05) is 39.0 Å². The van der Waals surface area contributed by atoms with Crippen molar-refractivity contribution in [2.75, 3.05) is 0 Å². The number of aryl methyl sites for hydroxylation is 5. The minimum atomic E-state index is -2.28. The molecule has 0 saturated heterocycles. The first-order valence-electron chi connectivity index (χ1n) is 13.8. The maximum atomic E-state index is 7.78. The van der Waals surface area contributed by atoms with Crippen molar-refractivity contribution in [1.29, 1.82) is 0 Å². The molecule has 34 heavy (non-hydrogen) atoms. The van der Waals surface area contributed by atoms with Crippen LogP contribution in [0.25, 0.3) is 44.5 Å². The lowest BCUT2D eigenvalue weighted by atomic mass is 9.85. The Morgan fingerprint density at radius 2 is 1.91 bits per heavy atom. The van der Waals surface area contributed by atoms with Gasteiger partial charge in [-0.25, -0.2) is 14.1 Å². The first kappa shape index (κ1) is 18.2. The van der Waals surface area contributed by atoms with Crippen molar-refractivity contribution in [1.82, 2.24) is 9.55 Å². The second kappa shape index (κ2) is 7.43. The van der Waals surface area contributed by atoms with Gasteiger partial charge in [0.2, 0.25) is 5.71 Å². The van der Waals surface area contributed by atoms with Crippen LogP contribution in [0.15, 0.2) is 40.8 Å². The number of benzene rings is 2. The number of pyridine rings is 1. The Balaban J connectivity index is 1.67. The molecule has 2 aromatic carbocycles. The molecule has 4 heteroatoms. The molecule has 0 aliphatic carbocycles. The Hall–Kier alpha value is -3.14. The fraction of sp³-hybridized carbons (Fsp3) is 0.400. The average Bonchev–Trinajstić information content (AvgIpc) is 3.20. The number of furan rings is 1. The zero-order valence-electron chi connectivity index (χ0n) is 23.7. The Morgan fingerprint density at radius 3 is 2.71 bits per heavy atom. The summed E-state index contributed by atoms with van der Waals surface area (Å²) in [5.41, 5.74) is 9.09. The third-order valence-electron chi connectivity index (χ3n) is 7.28. The van der Waals surface area contributed by atoms with Crippen molar-refractivity contribution in [2.24, 2.45) is 12.5 Å². The van der Waals surface area contributed by atoms with Crippen LogP contribution in [0.2, 0.25) is 0 Å². The van der Waals surface area contributed by atoms with Gasteiger partial charge >= 0.3 is 0 Å². The molecule has 0 amide bonds. The van der Waals surface area contributed by atoms with Crippen molar-refractivity contribution in [3.05, 3.63) is 58.8 Å². The standard InChI is InChI=1S/C30H34N3O/c1-18-10-13-22-23-14-11-19(2)31-28(23)34-27(22)25(18)29-32(6)24-15-12-20(17-30(3,4)5)21-9-7-8-16-33(29)26(21)24/h10-15H,7-9,16-17H2,1-6H3/q+1/i2D3. The maximum Gasteiger partial charge on any atom is 0.293 e. The van der Waals surface area contributed by atoms with Crippen LogP contribution in [0.1, 0.15) is 60.1 Å². The Labute approximate surface area is 205 Å². The summed E-state index contributed by atoms with van der Waals surface area (Å²) in [7, 11) is 2.15. The molecule has 0 bridgehead atoms. The molecule has 0 spiro atoms. The molecule has 1 aliphatic rings. The second-order valence-electron chi connectivity index (χ2n) is 11.1. The molecule has 5 aromatic rings. The summed E-state index contributed by atoms with van der Waals surface area (Å²) in [6, 6.07) is 12.2. The SMILES string of the molecule is [2H]C([2H])([2H])c1ccc2c(n1)oc1c(-c3n(C)c4ccc(CC(C)(C)C)c5c4[n+]3CCCC5)c(C)ccc12. The van der Waals surface area contributed by atoms with Crippen molar-refractivity contribution < 1.29 is 13.1 Å². The molecule has 3 aromatic heterocycles. The highest BCUT2D eigenvalue weighted by molar-refractivity contribution is 6.08. The number of rotatable bonds is 2. The van der Waals surface area contributed by atoms with E-state index in [9.17, 15) is 0 Å². The summed E-state index contributed by atoms with van der Waals surface area (Å²) in [5, 5.41) is 1.80. The molecule has 4 heterocycles. The molecular weight excluding hydrogens is 418 g/mol. The van der Waals surface area contributed by atoms with Crippen LogP contribution in [0, 0.1) is 19.2 Å². The lowest BCUT2D eigenvalue weighted by molar-refractivity contribution is -0.660. The van der Waals surface area contributed by atoms with Gasteiger partial charge in [-0.15, -0.1) is 0 Å². The van der Waals surface area contributed by atoms with E-state index in [1.807, 2.05) is 6.07 Å². The molecule has 0 unspecified atom stereocenters. The predicted octanol–water partition coefficient (Wildman–Crippen LogP) is 6.97. The van der Waals surface area contributed by atoms with Gasteiger partial charge in [-0.05, 0) is 74.2 Å².